The van der Waals surface area contributed by atoms with Crippen LogP contribution in [0, 0.1) is 0 Å². The third kappa shape index (κ3) is 7.15. The van der Waals surface area contributed by atoms with E-state index in [1.54, 1.807) is 7.11 Å². The summed E-state index contributed by atoms with van der Waals surface area (Å²) < 4.78 is 31.0. The summed E-state index contributed by atoms with van der Waals surface area (Å²) in [7, 11) is 0.585. The summed E-state index contributed by atoms with van der Waals surface area (Å²) in [4.78, 5) is 14.9. The second-order valence-electron chi connectivity index (χ2n) is 8.72. The zero-order chi connectivity index (χ0) is 23.1. The van der Waals surface area contributed by atoms with Crippen molar-refractivity contribution >= 4 is 15.8 Å². The van der Waals surface area contributed by atoms with Crippen LogP contribution in [-0.2, 0) is 29.3 Å². The first-order valence-corrected chi connectivity index (χ1v) is 13.1. The van der Waals surface area contributed by atoms with Crippen LogP contribution in [0.5, 0.6) is 5.75 Å². The lowest BCUT2D eigenvalue weighted by Crippen LogP contribution is -2.34. The first-order chi connectivity index (χ1) is 15.2. The Labute approximate surface area is 192 Å². The van der Waals surface area contributed by atoms with Crippen LogP contribution in [-0.4, -0.2) is 58.6 Å². The van der Waals surface area contributed by atoms with E-state index in [1.807, 2.05) is 36.4 Å². The maximum atomic E-state index is 12.6. The van der Waals surface area contributed by atoms with E-state index in [4.69, 9.17) is 4.74 Å². The normalized spacial score (nSPS) is 15.7. The minimum atomic E-state index is -3.22. The van der Waals surface area contributed by atoms with E-state index in [-0.39, 0.29) is 11.8 Å². The van der Waals surface area contributed by atoms with Gasteiger partial charge in [-0.25, -0.2) is 13.1 Å². The summed E-state index contributed by atoms with van der Waals surface area (Å²) in [6, 6.07) is 13.8. The van der Waals surface area contributed by atoms with Crippen LogP contribution >= 0.6 is 0 Å². The van der Waals surface area contributed by atoms with Crippen molar-refractivity contribution in [2.24, 2.45) is 0 Å². The molecule has 0 spiro atoms. The third-order valence-electron chi connectivity index (χ3n) is 5.99. The van der Waals surface area contributed by atoms with Crippen LogP contribution in [0.25, 0.3) is 0 Å². The van der Waals surface area contributed by atoms with E-state index >= 15 is 0 Å². The molecule has 0 aliphatic heterocycles. The first-order valence-electron chi connectivity index (χ1n) is 11.2. The standard InChI is InChI=1S/C25H34N2O4S/c1-27(15-13-19-8-4-5-10-25(19)31-2)14-7-6-9-24(28)21-12-11-20-17-23(18-22(20)16-21)26-32(3,29)30/h4-5,8,10-12,16,23,26H,6-7,9,13-15,17-18H2,1-3H3. The van der Waals surface area contributed by atoms with Gasteiger partial charge in [-0.2, -0.15) is 0 Å². The molecule has 1 aliphatic carbocycles. The largest absolute Gasteiger partial charge is 0.496 e. The average molecular weight is 459 g/mol. The molecule has 0 saturated carbocycles. The number of carbonyl (C=O) groups is 1. The molecule has 32 heavy (non-hydrogen) atoms. The molecule has 0 saturated heterocycles. The van der Waals surface area contributed by atoms with Gasteiger partial charge in [0.1, 0.15) is 5.75 Å². The predicted octanol–water partition coefficient (Wildman–Crippen LogP) is 3.24. The predicted molar refractivity (Wildman–Crippen MR) is 128 cm³/mol. The average Bonchev–Trinajstić information content (AvgIpc) is 3.14. The maximum Gasteiger partial charge on any atom is 0.208 e. The van der Waals surface area contributed by atoms with Gasteiger partial charge in [0.25, 0.3) is 0 Å². The number of methoxy groups -OCH3 is 1. The molecule has 1 aliphatic rings. The Morgan fingerprint density at radius 1 is 1.09 bits per heavy atom. The Kier molecular flexibility index (Phi) is 8.45. The Balaban J connectivity index is 1.40. The van der Waals surface area contributed by atoms with Gasteiger partial charge in [0.15, 0.2) is 5.78 Å². The quantitative estimate of drug-likeness (QED) is 0.390. The molecule has 0 aromatic heterocycles. The molecule has 6 nitrogen and oxygen atoms in total. The lowest BCUT2D eigenvalue weighted by Gasteiger charge is -2.17. The molecule has 1 atom stereocenters. The summed E-state index contributed by atoms with van der Waals surface area (Å²) in [5.41, 5.74) is 4.14. The van der Waals surface area contributed by atoms with Crippen LogP contribution < -0.4 is 9.46 Å². The van der Waals surface area contributed by atoms with Crippen LogP contribution in [0.15, 0.2) is 42.5 Å². The first kappa shape index (κ1) is 24.4. The molecule has 0 bridgehead atoms. The van der Waals surface area contributed by atoms with Crippen LogP contribution in [0.3, 0.4) is 0 Å². The van der Waals surface area contributed by atoms with Gasteiger partial charge < -0.3 is 9.64 Å². The van der Waals surface area contributed by atoms with Crippen molar-refractivity contribution in [2.45, 2.75) is 44.6 Å². The third-order valence-corrected chi connectivity index (χ3v) is 6.75. The maximum absolute atomic E-state index is 12.6. The van der Waals surface area contributed by atoms with E-state index in [2.05, 4.69) is 22.7 Å². The number of para-hydroxylation sites is 1. The molecule has 0 radical (unpaired) electrons. The summed E-state index contributed by atoms with van der Waals surface area (Å²) in [5, 5.41) is 0. The smallest absolute Gasteiger partial charge is 0.208 e. The molecule has 7 heteroatoms. The minimum absolute atomic E-state index is 0.114. The van der Waals surface area contributed by atoms with E-state index < -0.39 is 10.0 Å². The molecule has 2 aromatic carbocycles. The Morgan fingerprint density at radius 2 is 1.84 bits per heavy atom. The number of nitrogens with zero attached hydrogens (tertiary/aromatic N) is 1. The Morgan fingerprint density at radius 3 is 2.59 bits per heavy atom. The number of sulfonamides is 1. The van der Waals surface area contributed by atoms with Crippen molar-refractivity contribution in [2.75, 3.05) is 33.5 Å². The second-order valence-corrected chi connectivity index (χ2v) is 10.5. The molecule has 3 rings (SSSR count). The molecule has 174 valence electrons. The van der Waals surface area contributed by atoms with Gasteiger partial charge in [-0.15, -0.1) is 0 Å². The molecule has 0 amide bonds. The Bertz CT molecular complexity index is 1040. The molecule has 1 unspecified atom stereocenters. The molecule has 2 aromatic rings. The minimum Gasteiger partial charge on any atom is -0.496 e. The fourth-order valence-electron chi connectivity index (χ4n) is 4.32. The van der Waals surface area contributed by atoms with Crippen molar-refractivity contribution < 1.29 is 17.9 Å². The van der Waals surface area contributed by atoms with Gasteiger partial charge >= 0.3 is 0 Å². The zero-order valence-corrected chi connectivity index (χ0v) is 20.1. The number of hydrogen-bond acceptors (Lipinski definition) is 5. The number of rotatable bonds is 12. The SMILES string of the molecule is COc1ccccc1CCN(C)CCCCC(=O)c1ccc2c(c1)CC(NS(C)(=O)=O)C2. The van der Waals surface area contributed by atoms with Crippen molar-refractivity contribution in [1.29, 1.82) is 0 Å². The monoisotopic (exact) mass is 458 g/mol. The highest BCUT2D eigenvalue weighted by Gasteiger charge is 2.24. The number of ketones is 1. The second kappa shape index (κ2) is 11.1. The van der Waals surface area contributed by atoms with Crippen LogP contribution in [0.2, 0.25) is 0 Å². The number of Topliss-reactive ketones (excluding diaryl/α,β-unsaturated/α-hetero) is 1. The van der Waals surface area contributed by atoms with Gasteiger partial charge in [0.2, 0.25) is 10.0 Å². The van der Waals surface area contributed by atoms with E-state index in [9.17, 15) is 13.2 Å². The van der Waals surface area contributed by atoms with Crippen molar-refractivity contribution in [3.8, 4) is 5.75 Å². The van der Waals surface area contributed by atoms with E-state index in [0.29, 0.717) is 19.3 Å². The lowest BCUT2D eigenvalue weighted by atomic mass is 10.0. The molecule has 0 heterocycles. The zero-order valence-electron chi connectivity index (χ0n) is 19.3. The van der Waals surface area contributed by atoms with Gasteiger partial charge in [-0.3, -0.25) is 4.79 Å². The summed E-state index contributed by atoms with van der Waals surface area (Å²) >= 11 is 0. The topological polar surface area (TPSA) is 75.7 Å². The van der Waals surface area contributed by atoms with Gasteiger partial charge in [-0.1, -0.05) is 30.3 Å². The lowest BCUT2D eigenvalue weighted by molar-refractivity contribution is 0.0978. The molecule has 0 fully saturated rings. The molecular weight excluding hydrogens is 424 g/mol. The van der Waals surface area contributed by atoms with Gasteiger partial charge in [0.05, 0.1) is 13.4 Å². The number of ether oxygens (including phenoxy) is 1. The van der Waals surface area contributed by atoms with E-state index in [0.717, 1.165) is 54.8 Å². The molecule has 1 N–H and O–H groups in total. The van der Waals surface area contributed by atoms with Crippen molar-refractivity contribution in [3.05, 3.63) is 64.7 Å². The van der Waals surface area contributed by atoms with Gasteiger partial charge in [0, 0.05) is 24.6 Å². The fraction of sp³-hybridized carbons (Fsp3) is 0.480. The summed E-state index contributed by atoms with van der Waals surface area (Å²) in [5.74, 6) is 1.09. The number of hydrogen-bond donors (Lipinski definition) is 1. The van der Waals surface area contributed by atoms with Gasteiger partial charge in [-0.05, 0) is 74.5 Å². The van der Waals surface area contributed by atoms with Crippen molar-refractivity contribution in [1.82, 2.24) is 9.62 Å². The summed E-state index contributed by atoms with van der Waals surface area (Å²) in [6.07, 6.45) is 5.79. The van der Waals surface area contributed by atoms with Crippen molar-refractivity contribution in [3.63, 3.8) is 0 Å². The van der Waals surface area contributed by atoms with Crippen LogP contribution in [0.1, 0.15) is 46.3 Å². The number of likely N-dealkylation sites (N-methyl/N-ethyl adjacent to an activating group) is 1. The highest BCUT2D eigenvalue weighted by Crippen LogP contribution is 2.25. The van der Waals surface area contributed by atoms with E-state index in [1.165, 1.54) is 11.8 Å². The fourth-order valence-corrected chi connectivity index (χ4v) is 5.09. The molecular formula is C25H34N2O4S. The highest BCUT2D eigenvalue weighted by atomic mass is 32.2. The highest BCUT2D eigenvalue weighted by molar-refractivity contribution is 7.88. The Hall–Kier alpha value is -2.22. The summed E-state index contributed by atoms with van der Waals surface area (Å²) in [6.45, 7) is 1.90. The number of carbonyl (C=O) groups excluding carboxylic acids is 1. The number of unbranched alkanes of at least 4 members (excludes halogenated alkanes) is 1. The number of nitrogens with one attached hydrogen (secondary N) is 1. The van der Waals surface area contributed by atoms with Crippen LogP contribution in [0.4, 0.5) is 0 Å². The number of benzene rings is 2. The number of fused-ring (bicyclic) bond motifs is 1.